The lowest BCUT2D eigenvalue weighted by Crippen LogP contribution is -2.54. The Labute approximate surface area is 175 Å². The summed E-state index contributed by atoms with van der Waals surface area (Å²) in [6.07, 6.45) is 0.202. The van der Waals surface area contributed by atoms with Crippen LogP contribution in [0.25, 0.3) is 10.1 Å². The summed E-state index contributed by atoms with van der Waals surface area (Å²) < 4.78 is 7.06. The van der Waals surface area contributed by atoms with Crippen LogP contribution in [-0.2, 0) is 16.2 Å². The fraction of sp³-hybridized carbons (Fsp3) is 0.182. The lowest BCUT2D eigenvalue weighted by atomic mass is 10.0. The van der Waals surface area contributed by atoms with Crippen LogP contribution in [0.2, 0.25) is 0 Å². The van der Waals surface area contributed by atoms with Gasteiger partial charge in [-0.2, -0.15) is 0 Å². The van der Waals surface area contributed by atoms with E-state index in [2.05, 4.69) is 5.32 Å². The number of fused-ring (bicyclic) bond motifs is 2. The normalized spacial score (nSPS) is 18.7. The number of imide groups is 2. The van der Waals surface area contributed by atoms with E-state index in [1.165, 1.54) is 0 Å². The number of hydrogen-bond donors (Lipinski definition) is 1. The Balaban J connectivity index is 1.41. The topological polar surface area (TPSA) is 92.8 Å². The van der Waals surface area contributed by atoms with Gasteiger partial charge in [0.05, 0.1) is 11.1 Å². The van der Waals surface area contributed by atoms with E-state index in [1.807, 2.05) is 30.3 Å². The average Bonchev–Trinajstić information content (AvgIpc) is 3.26. The Kier molecular flexibility index (Phi) is 4.36. The van der Waals surface area contributed by atoms with Crippen molar-refractivity contribution < 1.29 is 23.9 Å². The van der Waals surface area contributed by atoms with Crippen LogP contribution in [-0.4, -0.2) is 34.6 Å². The molecular weight excluding hydrogens is 404 g/mol. The summed E-state index contributed by atoms with van der Waals surface area (Å²) in [5, 5.41) is 3.31. The van der Waals surface area contributed by atoms with Crippen LogP contribution in [0.5, 0.6) is 5.75 Å². The maximum Gasteiger partial charge on any atom is 0.266 e. The molecule has 3 aromatic rings. The molecule has 2 aliphatic heterocycles. The lowest BCUT2D eigenvalue weighted by molar-refractivity contribution is -0.136. The molecule has 150 valence electrons. The largest absolute Gasteiger partial charge is 0.487 e. The van der Waals surface area contributed by atoms with Crippen molar-refractivity contribution in [1.82, 2.24) is 10.2 Å². The van der Waals surface area contributed by atoms with Crippen LogP contribution >= 0.6 is 11.3 Å². The molecule has 8 heteroatoms. The molecule has 5 rings (SSSR count). The zero-order valence-electron chi connectivity index (χ0n) is 15.7. The van der Waals surface area contributed by atoms with Crippen molar-refractivity contribution in [2.45, 2.75) is 25.5 Å². The van der Waals surface area contributed by atoms with E-state index in [0.717, 1.165) is 19.9 Å². The molecule has 0 spiro atoms. The molecule has 1 N–H and O–H groups in total. The molecule has 0 aliphatic carbocycles. The highest BCUT2D eigenvalue weighted by Crippen LogP contribution is 2.34. The molecule has 0 unspecified atom stereocenters. The van der Waals surface area contributed by atoms with E-state index in [0.29, 0.717) is 5.75 Å². The van der Waals surface area contributed by atoms with Crippen molar-refractivity contribution in [3.63, 3.8) is 0 Å². The number of hydrogen-bond acceptors (Lipinski definition) is 6. The third-order valence-electron chi connectivity index (χ3n) is 5.28. The monoisotopic (exact) mass is 420 g/mol. The number of nitrogens with zero attached hydrogens (tertiary/aromatic N) is 1. The van der Waals surface area contributed by atoms with Gasteiger partial charge in [0.15, 0.2) is 0 Å². The van der Waals surface area contributed by atoms with Crippen molar-refractivity contribution in [1.29, 1.82) is 0 Å². The Hall–Kier alpha value is -3.52. The standard InChI is InChI=1S/C22H16N2O5S/c25-18-9-8-15(20(26)23-18)24-21(27)14-5-3-6-16(19(14)22(24)28)29-11-13-10-12-4-1-2-7-17(12)30-13/h1-7,10,15H,8-9,11H2,(H,23,25,26)/t15-/m1/s1. The van der Waals surface area contributed by atoms with Crippen LogP contribution in [0.4, 0.5) is 0 Å². The highest BCUT2D eigenvalue weighted by molar-refractivity contribution is 7.19. The first-order valence-corrected chi connectivity index (χ1v) is 10.3. The summed E-state index contributed by atoms with van der Waals surface area (Å²) in [7, 11) is 0. The maximum absolute atomic E-state index is 13.1. The zero-order valence-corrected chi connectivity index (χ0v) is 16.5. The van der Waals surface area contributed by atoms with Crippen LogP contribution in [0.1, 0.15) is 38.4 Å². The smallest absolute Gasteiger partial charge is 0.266 e. The van der Waals surface area contributed by atoms with Crippen LogP contribution < -0.4 is 10.1 Å². The summed E-state index contributed by atoms with van der Waals surface area (Å²) in [5.41, 5.74) is 0.367. The predicted molar refractivity (Wildman–Crippen MR) is 109 cm³/mol. The molecule has 0 radical (unpaired) electrons. The molecule has 1 fully saturated rings. The maximum atomic E-state index is 13.1. The highest BCUT2D eigenvalue weighted by atomic mass is 32.1. The Morgan fingerprint density at radius 1 is 1.03 bits per heavy atom. The van der Waals surface area contributed by atoms with E-state index in [1.54, 1.807) is 29.5 Å². The molecule has 0 bridgehead atoms. The average molecular weight is 420 g/mol. The third-order valence-corrected chi connectivity index (χ3v) is 6.37. The van der Waals surface area contributed by atoms with Gasteiger partial charge < -0.3 is 4.74 Å². The van der Waals surface area contributed by atoms with Gasteiger partial charge in [0.2, 0.25) is 11.8 Å². The van der Waals surface area contributed by atoms with Crippen molar-refractivity contribution in [3.8, 4) is 5.75 Å². The molecule has 2 aromatic carbocycles. The molecule has 1 aromatic heterocycles. The first-order valence-electron chi connectivity index (χ1n) is 9.48. The third kappa shape index (κ3) is 2.96. The fourth-order valence-corrected chi connectivity index (χ4v) is 4.84. The number of carbonyl (C=O) groups is 4. The van der Waals surface area contributed by atoms with Crippen molar-refractivity contribution >= 4 is 45.1 Å². The van der Waals surface area contributed by atoms with Crippen LogP contribution in [0.15, 0.2) is 48.5 Å². The second-order valence-electron chi connectivity index (χ2n) is 7.17. The number of thiophene rings is 1. The van der Waals surface area contributed by atoms with Gasteiger partial charge in [-0.15, -0.1) is 11.3 Å². The SMILES string of the molecule is O=C1CC[C@@H](N2C(=O)c3cccc(OCc4cc5ccccc5s4)c3C2=O)C(=O)N1. The van der Waals surface area contributed by atoms with Gasteiger partial charge >= 0.3 is 0 Å². The van der Waals surface area contributed by atoms with E-state index in [-0.39, 0.29) is 30.6 Å². The quantitative estimate of drug-likeness (QED) is 0.655. The molecule has 1 atom stereocenters. The number of ether oxygens (including phenoxy) is 1. The summed E-state index contributed by atoms with van der Waals surface area (Å²) in [6, 6.07) is 13.9. The molecule has 3 heterocycles. The number of amides is 4. The minimum absolute atomic E-state index is 0.0824. The van der Waals surface area contributed by atoms with Crippen molar-refractivity contribution in [2.75, 3.05) is 0 Å². The minimum Gasteiger partial charge on any atom is -0.487 e. The lowest BCUT2D eigenvalue weighted by Gasteiger charge is -2.27. The molecule has 30 heavy (non-hydrogen) atoms. The molecule has 4 amide bonds. The number of piperidine rings is 1. The fourth-order valence-electron chi connectivity index (χ4n) is 3.86. The van der Waals surface area contributed by atoms with Crippen molar-refractivity contribution in [3.05, 3.63) is 64.5 Å². The Bertz CT molecular complexity index is 1200. The van der Waals surface area contributed by atoms with Gasteiger partial charge in [0.1, 0.15) is 18.4 Å². The van der Waals surface area contributed by atoms with E-state index >= 15 is 0 Å². The van der Waals surface area contributed by atoms with Gasteiger partial charge in [-0.25, -0.2) is 0 Å². The van der Waals surface area contributed by atoms with E-state index in [9.17, 15) is 19.2 Å². The molecule has 7 nitrogen and oxygen atoms in total. The van der Waals surface area contributed by atoms with Gasteiger partial charge in [-0.1, -0.05) is 24.3 Å². The van der Waals surface area contributed by atoms with Crippen LogP contribution in [0, 0.1) is 0 Å². The highest BCUT2D eigenvalue weighted by Gasteiger charge is 2.45. The minimum atomic E-state index is -0.995. The molecule has 1 saturated heterocycles. The van der Waals surface area contributed by atoms with Crippen LogP contribution in [0.3, 0.4) is 0 Å². The Morgan fingerprint density at radius 2 is 1.87 bits per heavy atom. The first kappa shape index (κ1) is 18.5. The number of rotatable bonds is 4. The Morgan fingerprint density at radius 3 is 2.67 bits per heavy atom. The second-order valence-corrected chi connectivity index (χ2v) is 8.33. The summed E-state index contributed by atoms with van der Waals surface area (Å²) in [5.74, 6) is -1.85. The van der Waals surface area contributed by atoms with Gasteiger partial charge in [0, 0.05) is 16.0 Å². The number of nitrogens with one attached hydrogen (secondary N) is 1. The number of carbonyl (C=O) groups excluding carboxylic acids is 4. The van der Waals surface area contributed by atoms with Gasteiger partial charge in [-0.3, -0.25) is 29.4 Å². The summed E-state index contributed by atoms with van der Waals surface area (Å²) in [4.78, 5) is 51.5. The van der Waals surface area contributed by atoms with Gasteiger partial charge in [-0.05, 0) is 36.1 Å². The molecule has 2 aliphatic rings. The first-order chi connectivity index (χ1) is 14.5. The summed E-state index contributed by atoms with van der Waals surface area (Å²) >= 11 is 1.60. The molecule has 0 saturated carbocycles. The second kappa shape index (κ2) is 7.07. The van der Waals surface area contributed by atoms with Crippen molar-refractivity contribution in [2.24, 2.45) is 0 Å². The van der Waals surface area contributed by atoms with E-state index < -0.39 is 29.7 Å². The van der Waals surface area contributed by atoms with E-state index in [4.69, 9.17) is 4.74 Å². The van der Waals surface area contributed by atoms with Gasteiger partial charge in [0.25, 0.3) is 11.8 Å². The predicted octanol–water partition coefficient (Wildman–Crippen LogP) is 2.88. The summed E-state index contributed by atoms with van der Waals surface area (Å²) in [6.45, 7) is 0.260. The molecular formula is C22H16N2O5S. The number of benzene rings is 2. The zero-order chi connectivity index (χ0) is 20.8.